The summed E-state index contributed by atoms with van der Waals surface area (Å²) in [5.74, 6) is 2.33. The van der Waals surface area contributed by atoms with Crippen molar-refractivity contribution < 1.29 is 9.90 Å². The Labute approximate surface area is 159 Å². The summed E-state index contributed by atoms with van der Waals surface area (Å²) in [4.78, 5) is 12.1. The lowest BCUT2D eigenvalue weighted by Crippen LogP contribution is -2.64. The Kier molecular flexibility index (Phi) is 3.64. The molecule has 4 unspecified atom stereocenters. The summed E-state index contributed by atoms with van der Waals surface area (Å²) in [6, 6.07) is 0. The zero-order chi connectivity index (χ0) is 19.3. The minimum atomic E-state index is -0.336. The van der Waals surface area contributed by atoms with Gasteiger partial charge in [0.15, 0.2) is 5.78 Å². The van der Waals surface area contributed by atoms with E-state index in [4.69, 9.17) is 0 Å². The van der Waals surface area contributed by atoms with Crippen LogP contribution in [0.2, 0.25) is 0 Å². The highest BCUT2D eigenvalue weighted by Crippen LogP contribution is 2.74. The first-order valence-corrected chi connectivity index (χ1v) is 10.5. The van der Waals surface area contributed by atoms with Crippen LogP contribution in [0.4, 0.5) is 0 Å². The van der Waals surface area contributed by atoms with E-state index >= 15 is 0 Å². The molecule has 0 bridgehead atoms. The fourth-order valence-corrected chi connectivity index (χ4v) is 7.77. The van der Waals surface area contributed by atoms with Gasteiger partial charge in [-0.1, -0.05) is 60.1 Å². The summed E-state index contributed by atoms with van der Waals surface area (Å²) in [7, 11) is 0. The number of fused-ring (bicyclic) bond motifs is 5. The highest BCUT2D eigenvalue weighted by Gasteiger charge is 2.70. The SMILES string of the molecule is C[C@@H]1CC2C3C[C@H](C)C4=CC(=O)C=CC4(C)[C@@]3(C)[C@@H](O)CC2(C)C1(C)C. The van der Waals surface area contributed by atoms with Gasteiger partial charge in [0.1, 0.15) is 0 Å². The van der Waals surface area contributed by atoms with Crippen LogP contribution < -0.4 is 0 Å². The monoisotopic (exact) mass is 356 g/mol. The van der Waals surface area contributed by atoms with Gasteiger partial charge in [-0.2, -0.15) is 0 Å². The first kappa shape index (κ1) is 18.5. The average Bonchev–Trinajstić information content (AvgIpc) is 2.72. The number of aliphatic hydroxyl groups is 1. The summed E-state index contributed by atoms with van der Waals surface area (Å²) in [5, 5.41) is 11.6. The fourth-order valence-electron chi connectivity index (χ4n) is 7.77. The average molecular weight is 357 g/mol. The molecule has 0 aliphatic heterocycles. The van der Waals surface area contributed by atoms with Crippen LogP contribution in [0.5, 0.6) is 0 Å². The number of hydrogen-bond acceptors (Lipinski definition) is 2. The predicted molar refractivity (Wildman–Crippen MR) is 105 cm³/mol. The van der Waals surface area contributed by atoms with Gasteiger partial charge in [0.25, 0.3) is 0 Å². The van der Waals surface area contributed by atoms with E-state index < -0.39 is 0 Å². The molecule has 0 heterocycles. The number of carbonyl (C=O) groups is 1. The molecule has 0 aromatic rings. The summed E-state index contributed by atoms with van der Waals surface area (Å²) in [6.45, 7) is 16.6. The fraction of sp³-hybridized carbons (Fsp3) is 0.792. The van der Waals surface area contributed by atoms with Crippen LogP contribution >= 0.6 is 0 Å². The van der Waals surface area contributed by atoms with Gasteiger partial charge < -0.3 is 5.11 Å². The molecule has 1 N–H and O–H groups in total. The normalized spacial score (nSPS) is 55.0. The van der Waals surface area contributed by atoms with E-state index in [0.717, 1.165) is 12.8 Å². The maximum absolute atomic E-state index is 12.1. The molecule has 0 amide bonds. The van der Waals surface area contributed by atoms with Crippen molar-refractivity contribution in [3.8, 4) is 0 Å². The van der Waals surface area contributed by atoms with Crippen molar-refractivity contribution in [3.05, 3.63) is 23.8 Å². The van der Waals surface area contributed by atoms with Gasteiger partial charge in [0, 0.05) is 10.8 Å². The third kappa shape index (κ3) is 1.85. The minimum absolute atomic E-state index is 0.108. The Morgan fingerprint density at radius 2 is 1.69 bits per heavy atom. The summed E-state index contributed by atoms with van der Waals surface area (Å²) in [6.07, 6.45) is 8.64. The zero-order valence-electron chi connectivity index (χ0n) is 17.6. The molecule has 0 radical (unpaired) electrons. The smallest absolute Gasteiger partial charge is 0.178 e. The standard InChI is InChI=1S/C24H36O2/c1-14-10-19-18-11-15(2)21(3,4)23(18,6)13-20(26)24(19,7)22(5)9-8-16(25)12-17(14)22/h8-9,12,14-15,18-20,26H,10-11,13H2,1-7H3/t14-,15+,18?,19?,20-,22?,23?,24+/m0/s1. The molecular formula is C24H36O2. The lowest BCUT2D eigenvalue weighted by Gasteiger charge is -2.67. The second-order valence-corrected chi connectivity index (χ2v) is 11.2. The van der Waals surface area contributed by atoms with Gasteiger partial charge in [-0.25, -0.2) is 0 Å². The van der Waals surface area contributed by atoms with Crippen LogP contribution in [0.1, 0.15) is 67.7 Å². The van der Waals surface area contributed by atoms with E-state index in [1.165, 1.54) is 12.0 Å². The Balaban J connectivity index is 1.88. The maximum Gasteiger partial charge on any atom is 0.178 e. The first-order chi connectivity index (χ1) is 11.9. The second-order valence-electron chi connectivity index (χ2n) is 11.2. The van der Waals surface area contributed by atoms with Crippen molar-refractivity contribution >= 4 is 5.78 Å². The summed E-state index contributed by atoms with van der Waals surface area (Å²) < 4.78 is 0. The van der Waals surface area contributed by atoms with Crippen LogP contribution in [0.15, 0.2) is 23.8 Å². The van der Waals surface area contributed by atoms with E-state index in [2.05, 4.69) is 54.5 Å². The van der Waals surface area contributed by atoms with Crippen molar-refractivity contribution in [1.82, 2.24) is 0 Å². The second kappa shape index (κ2) is 5.13. The largest absolute Gasteiger partial charge is 0.392 e. The molecule has 0 saturated heterocycles. The van der Waals surface area contributed by atoms with Crippen molar-refractivity contribution in [2.45, 2.75) is 73.8 Å². The molecule has 0 aromatic heterocycles. The Bertz CT molecular complexity index is 716. The minimum Gasteiger partial charge on any atom is -0.392 e. The molecule has 4 aliphatic rings. The van der Waals surface area contributed by atoms with Crippen molar-refractivity contribution in [2.24, 2.45) is 45.3 Å². The number of allylic oxidation sites excluding steroid dienone is 4. The number of rotatable bonds is 0. The van der Waals surface area contributed by atoms with E-state index in [0.29, 0.717) is 23.7 Å². The summed E-state index contributed by atoms with van der Waals surface area (Å²) >= 11 is 0. The van der Waals surface area contributed by atoms with Gasteiger partial charge in [0.05, 0.1) is 6.10 Å². The highest BCUT2D eigenvalue weighted by molar-refractivity contribution is 6.01. The molecule has 144 valence electrons. The number of ketones is 1. The summed E-state index contributed by atoms with van der Waals surface area (Å²) in [5.41, 5.74) is 1.25. The number of aliphatic hydroxyl groups excluding tert-OH is 1. The molecule has 2 heteroatoms. The van der Waals surface area contributed by atoms with Crippen molar-refractivity contribution in [1.29, 1.82) is 0 Å². The van der Waals surface area contributed by atoms with E-state index in [-0.39, 0.29) is 33.5 Å². The van der Waals surface area contributed by atoms with E-state index in [9.17, 15) is 9.90 Å². The van der Waals surface area contributed by atoms with E-state index in [1.54, 1.807) is 6.08 Å². The molecular weight excluding hydrogens is 320 g/mol. The Morgan fingerprint density at radius 3 is 2.35 bits per heavy atom. The van der Waals surface area contributed by atoms with Gasteiger partial charge in [-0.05, 0) is 65.9 Å². The number of carbonyl (C=O) groups excluding carboxylic acids is 1. The van der Waals surface area contributed by atoms with Crippen LogP contribution in [-0.2, 0) is 4.79 Å². The topological polar surface area (TPSA) is 37.3 Å². The van der Waals surface area contributed by atoms with Crippen LogP contribution in [-0.4, -0.2) is 17.0 Å². The quantitative estimate of drug-likeness (QED) is 0.650. The Hall–Kier alpha value is -0.890. The lowest BCUT2D eigenvalue weighted by molar-refractivity contribution is -0.190. The zero-order valence-corrected chi connectivity index (χ0v) is 17.6. The maximum atomic E-state index is 12.1. The molecule has 0 aromatic carbocycles. The number of hydrogen-bond donors (Lipinski definition) is 1. The molecule has 3 fully saturated rings. The molecule has 8 atom stereocenters. The van der Waals surface area contributed by atoms with Gasteiger partial charge in [-0.15, -0.1) is 0 Å². The third-order valence-electron chi connectivity index (χ3n) is 10.4. The van der Waals surface area contributed by atoms with Crippen molar-refractivity contribution in [3.63, 3.8) is 0 Å². The molecule has 4 aliphatic carbocycles. The molecule has 3 saturated carbocycles. The van der Waals surface area contributed by atoms with Crippen LogP contribution in [0, 0.1) is 45.3 Å². The first-order valence-electron chi connectivity index (χ1n) is 10.5. The molecule has 0 spiro atoms. The van der Waals surface area contributed by atoms with E-state index in [1.807, 2.05) is 6.08 Å². The Morgan fingerprint density at radius 1 is 1.04 bits per heavy atom. The van der Waals surface area contributed by atoms with Gasteiger partial charge >= 0.3 is 0 Å². The van der Waals surface area contributed by atoms with Crippen LogP contribution in [0.25, 0.3) is 0 Å². The van der Waals surface area contributed by atoms with Gasteiger partial charge in [-0.3, -0.25) is 4.79 Å². The molecule has 4 rings (SSSR count). The predicted octanol–water partition coefficient (Wildman–Crippen LogP) is 5.17. The third-order valence-corrected chi connectivity index (χ3v) is 10.4. The van der Waals surface area contributed by atoms with Crippen molar-refractivity contribution in [2.75, 3.05) is 0 Å². The lowest BCUT2D eigenvalue weighted by atomic mass is 9.38. The highest BCUT2D eigenvalue weighted by atomic mass is 16.3. The molecule has 26 heavy (non-hydrogen) atoms. The van der Waals surface area contributed by atoms with Crippen LogP contribution in [0.3, 0.4) is 0 Å². The van der Waals surface area contributed by atoms with Gasteiger partial charge in [0.2, 0.25) is 0 Å². The molecule has 2 nitrogen and oxygen atoms in total.